The quantitative estimate of drug-likeness (QED) is 0.289. The average molecular weight is 609 g/mol. The Morgan fingerprint density at radius 1 is 1.12 bits per heavy atom. The molecule has 2 aliphatic rings. The third kappa shape index (κ3) is 7.34. The van der Waals surface area contributed by atoms with Crippen molar-refractivity contribution >= 4 is 34.1 Å². The Kier molecular flexibility index (Phi) is 8.94. The third-order valence-corrected chi connectivity index (χ3v) is 8.46. The van der Waals surface area contributed by atoms with Gasteiger partial charge in [-0.15, -0.1) is 0 Å². The van der Waals surface area contributed by atoms with Crippen LogP contribution in [-0.2, 0) is 22.3 Å². The van der Waals surface area contributed by atoms with Crippen LogP contribution < -0.4 is 10.2 Å². The molecule has 9 nitrogen and oxygen atoms in total. The van der Waals surface area contributed by atoms with Crippen molar-refractivity contribution in [1.82, 2.24) is 19.9 Å². The molecule has 0 unspecified atom stereocenters. The lowest BCUT2D eigenvalue weighted by atomic mass is 10.1. The number of hydrogen-bond acceptors (Lipinski definition) is 9. The van der Waals surface area contributed by atoms with Crippen molar-refractivity contribution < 1.29 is 32.2 Å². The van der Waals surface area contributed by atoms with Gasteiger partial charge in [-0.2, -0.15) is 13.2 Å². The maximum absolute atomic E-state index is 14.4. The number of anilines is 3. The number of piperidine rings is 1. The van der Waals surface area contributed by atoms with Gasteiger partial charge in [0.25, 0.3) is 0 Å². The van der Waals surface area contributed by atoms with Gasteiger partial charge in [-0.25, -0.2) is 24.1 Å². The Morgan fingerprint density at radius 3 is 2.55 bits per heavy atom. The van der Waals surface area contributed by atoms with Crippen LogP contribution in [0, 0.1) is 12.7 Å². The topological polar surface area (TPSA) is 104 Å². The number of nitrogens with one attached hydrogen (secondary N) is 1. The predicted molar refractivity (Wildman–Crippen MR) is 150 cm³/mol. The lowest BCUT2D eigenvalue weighted by Gasteiger charge is -2.32. The molecule has 2 aromatic heterocycles. The van der Waals surface area contributed by atoms with E-state index in [2.05, 4.69) is 37.0 Å². The summed E-state index contributed by atoms with van der Waals surface area (Å²) in [4.78, 5) is 29.5. The number of nitrogens with zero attached hydrogens (tertiary/aromatic N) is 5. The van der Waals surface area contributed by atoms with Crippen LogP contribution in [0.3, 0.4) is 0 Å². The molecule has 2 saturated heterocycles. The van der Waals surface area contributed by atoms with E-state index in [1.807, 2.05) is 0 Å². The number of thiazole rings is 1. The highest BCUT2D eigenvalue weighted by atomic mass is 32.1. The highest BCUT2D eigenvalue weighted by molar-refractivity contribution is 7.16. The minimum absolute atomic E-state index is 0.0704. The zero-order valence-electron chi connectivity index (χ0n) is 23.2. The van der Waals surface area contributed by atoms with Crippen molar-refractivity contribution in [3.63, 3.8) is 0 Å². The van der Waals surface area contributed by atoms with Gasteiger partial charge in [-0.05, 0) is 64.3 Å². The highest BCUT2D eigenvalue weighted by Gasteiger charge is 2.32. The van der Waals surface area contributed by atoms with Crippen LogP contribution in [0.1, 0.15) is 48.9 Å². The number of benzene rings is 1. The van der Waals surface area contributed by atoms with Crippen molar-refractivity contribution in [1.29, 1.82) is 0 Å². The lowest BCUT2D eigenvalue weighted by molar-refractivity contribution is -0.144. The zero-order chi connectivity index (χ0) is 30.0. The van der Waals surface area contributed by atoms with Crippen LogP contribution in [-0.4, -0.2) is 69.3 Å². The molecule has 4 heterocycles. The first kappa shape index (κ1) is 30.1. The number of aryl methyl sites for hydroxylation is 1. The van der Waals surface area contributed by atoms with Crippen LogP contribution in [0.5, 0.6) is 0 Å². The van der Waals surface area contributed by atoms with Crippen LogP contribution >= 0.6 is 11.3 Å². The highest BCUT2D eigenvalue weighted by Crippen LogP contribution is 2.38. The number of carbonyl (C=O) groups is 1. The summed E-state index contributed by atoms with van der Waals surface area (Å²) >= 11 is 1.31. The van der Waals surface area contributed by atoms with E-state index in [0.29, 0.717) is 72.9 Å². The minimum atomic E-state index is -4.69. The van der Waals surface area contributed by atoms with Gasteiger partial charge >= 0.3 is 12.1 Å². The molecule has 0 bridgehead atoms. The second-order valence-corrected chi connectivity index (χ2v) is 11.7. The van der Waals surface area contributed by atoms with E-state index >= 15 is 0 Å². The molecular formula is C28H32F4N6O3S. The molecule has 2 fully saturated rings. The molecule has 2 N–H and O–H groups in total. The maximum Gasteiger partial charge on any atom is 0.416 e. The molecule has 1 aromatic carbocycles. The maximum atomic E-state index is 14.4. The van der Waals surface area contributed by atoms with Crippen LogP contribution in [0.2, 0.25) is 0 Å². The normalized spacial score (nSPS) is 18.5. The van der Waals surface area contributed by atoms with E-state index < -0.39 is 23.5 Å². The van der Waals surface area contributed by atoms with Crippen molar-refractivity contribution in [2.24, 2.45) is 0 Å². The number of alkyl halides is 3. The summed E-state index contributed by atoms with van der Waals surface area (Å²) in [5, 5.41) is 12.5. The number of rotatable bonds is 9. The molecule has 5 rings (SSSR count). The zero-order valence-corrected chi connectivity index (χ0v) is 24.1. The second-order valence-electron chi connectivity index (χ2n) is 10.7. The smallest absolute Gasteiger partial charge is 0.416 e. The van der Waals surface area contributed by atoms with E-state index in [-0.39, 0.29) is 18.3 Å². The molecule has 14 heteroatoms. The first-order chi connectivity index (χ1) is 19.9. The monoisotopic (exact) mass is 608 g/mol. The number of ether oxygens (including phenoxy) is 1. The molecule has 226 valence electrons. The number of carboxylic acids is 1. The fourth-order valence-electron chi connectivity index (χ4n) is 5.37. The standard InChI is InChI=1S/C28H32F4N6O3S/c1-16-4-3-7-38(16)14-22-26(18-10-19(28(30,31)32)12-20(29)11-18)36-27(42-22)35-23-13-24(34-17(2)33-23)37-8-5-21(6-9-37)41-15-25(39)40/h10-13,16,21H,3-9,14-15H2,1-2H3,(H,39,40)(H,33,34,35,36)/t16-/m1/s1. The summed E-state index contributed by atoms with van der Waals surface area (Å²) in [6.07, 6.45) is -1.46. The van der Waals surface area contributed by atoms with Crippen LogP contribution in [0.4, 0.5) is 34.3 Å². The predicted octanol–water partition coefficient (Wildman–Crippen LogP) is 5.86. The number of aliphatic carboxylic acids is 1. The summed E-state index contributed by atoms with van der Waals surface area (Å²) in [6.45, 7) is 6.15. The Balaban J connectivity index is 1.40. The number of halogens is 4. The summed E-state index contributed by atoms with van der Waals surface area (Å²) in [6, 6.07) is 4.61. The van der Waals surface area contributed by atoms with Gasteiger partial charge in [0.05, 0.1) is 17.4 Å². The summed E-state index contributed by atoms with van der Waals surface area (Å²) in [5.74, 6) is -0.304. The van der Waals surface area contributed by atoms with Gasteiger partial charge in [0, 0.05) is 42.2 Å². The summed E-state index contributed by atoms with van der Waals surface area (Å²) < 4.78 is 60.3. The lowest BCUT2D eigenvalue weighted by Crippen LogP contribution is -2.38. The molecule has 0 spiro atoms. The third-order valence-electron chi connectivity index (χ3n) is 7.50. The van der Waals surface area contributed by atoms with Gasteiger partial charge in [0.15, 0.2) is 5.13 Å². The molecular weight excluding hydrogens is 576 g/mol. The fourth-order valence-corrected chi connectivity index (χ4v) is 6.38. The summed E-state index contributed by atoms with van der Waals surface area (Å²) in [5.41, 5.74) is -0.684. The van der Waals surface area contributed by atoms with E-state index in [4.69, 9.17) is 9.84 Å². The van der Waals surface area contributed by atoms with Crippen molar-refractivity contribution in [2.75, 3.05) is 36.5 Å². The molecule has 3 aromatic rings. The first-order valence-electron chi connectivity index (χ1n) is 13.8. The number of likely N-dealkylation sites (tertiary alicyclic amines) is 1. The molecule has 0 saturated carbocycles. The Morgan fingerprint density at radius 2 is 1.88 bits per heavy atom. The Labute approximate surface area is 244 Å². The Bertz CT molecular complexity index is 1430. The number of carboxylic acid groups (broad SMARTS) is 1. The summed E-state index contributed by atoms with van der Waals surface area (Å²) in [7, 11) is 0. The SMILES string of the molecule is Cc1nc(Nc2nc(-c3cc(F)cc(C(F)(F)F)c3)c(CN3CCC[C@H]3C)s2)cc(N2CCC(OCC(=O)O)CC2)n1. The average Bonchev–Trinajstić information content (AvgIpc) is 3.52. The van der Waals surface area contributed by atoms with Crippen molar-refractivity contribution in [3.8, 4) is 11.3 Å². The minimum Gasteiger partial charge on any atom is -0.480 e. The van der Waals surface area contributed by atoms with Gasteiger partial charge in [-0.3, -0.25) is 4.90 Å². The van der Waals surface area contributed by atoms with Gasteiger partial charge < -0.3 is 20.1 Å². The Hall–Kier alpha value is -3.36. The first-order valence-corrected chi connectivity index (χ1v) is 14.6. The molecule has 0 aliphatic carbocycles. The van der Waals surface area contributed by atoms with Crippen LogP contribution in [0.15, 0.2) is 24.3 Å². The molecule has 0 amide bonds. The van der Waals surface area contributed by atoms with Gasteiger partial charge in [-0.1, -0.05) is 11.3 Å². The van der Waals surface area contributed by atoms with Crippen molar-refractivity contribution in [3.05, 3.63) is 46.3 Å². The van der Waals surface area contributed by atoms with E-state index in [1.54, 1.807) is 13.0 Å². The van der Waals surface area contributed by atoms with Crippen LogP contribution in [0.25, 0.3) is 11.3 Å². The van der Waals surface area contributed by atoms with E-state index in [9.17, 15) is 22.4 Å². The van der Waals surface area contributed by atoms with Gasteiger partial charge in [0.1, 0.15) is 29.9 Å². The fraction of sp³-hybridized carbons (Fsp3) is 0.500. The number of hydrogen-bond donors (Lipinski definition) is 2. The van der Waals surface area contributed by atoms with E-state index in [0.717, 1.165) is 36.4 Å². The largest absolute Gasteiger partial charge is 0.480 e. The molecule has 2 aliphatic heterocycles. The van der Waals surface area contributed by atoms with Gasteiger partial charge in [0.2, 0.25) is 0 Å². The molecule has 0 radical (unpaired) electrons. The van der Waals surface area contributed by atoms with E-state index in [1.165, 1.54) is 11.3 Å². The molecule has 1 atom stereocenters. The number of aromatic nitrogens is 3. The molecule has 42 heavy (non-hydrogen) atoms. The second kappa shape index (κ2) is 12.5. The van der Waals surface area contributed by atoms with Crippen molar-refractivity contribution in [2.45, 2.75) is 64.4 Å².